The molecule has 2 aromatic carbocycles. The molecule has 1 aliphatic heterocycles. The Labute approximate surface area is 189 Å². The van der Waals surface area contributed by atoms with E-state index in [2.05, 4.69) is 17.1 Å². The van der Waals surface area contributed by atoms with Crippen LogP contribution in [0.15, 0.2) is 48.7 Å². The van der Waals surface area contributed by atoms with Crippen LogP contribution in [0.5, 0.6) is 11.5 Å². The van der Waals surface area contributed by atoms with Crippen LogP contribution in [0.3, 0.4) is 0 Å². The van der Waals surface area contributed by atoms with Gasteiger partial charge in [-0.1, -0.05) is 24.3 Å². The number of nitrogens with one attached hydrogen (secondary N) is 1. The molecule has 2 fully saturated rings. The number of nitrogens with zero attached hydrogens (tertiary/aromatic N) is 1. The van der Waals surface area contributed by atoms with Crippen molar-refractivity contribution in [2.75, 3.05) is 20.2 Å². The Morgan fingerprint density at radius 3 is 2.59 bits per heavy atom. The van der Waals surface area contributed by atoms with Crippen LogP contribution in [-0.4, -0.2) is 42.1 Å². The highest BCUT2D eigenvalue weighted by atomic mass is 16.5. The van der Waals surface area contributed by atoms with Crippen LogP contribution in [0.2, 0.25) is 0 Å². The summed E-state index contributed by atoms with van der Waals surface area (Å²) in [6, 6.07) is 14.4. The number of hydrogen-bond donors (Lipinski definition) is 1. The van der Waals surface area contributed by atoms with Gasteiger partial charge in [-0.05, 0) is 74.6 Å². The fraction of sp³-hybridized carbons (Fsp3) is 0.444. The van der Waals surface area contributed by atoms with E-state index in [1.807, 2.05) is 41.4 Å². The number of aromatic amines is 1. The molecule has 1 aliphatic carbocycles. The first-order valence-electron chi connectivity index (χ1n) is 11.9. The summed E-state index contributed by atoms with van der Waals surface area (Å²) < 4.78 is 11.8. The first kappa shape index (κ1) is 20.9. The van der Waals surface area contributed by atoms with E-state index in [-0.39, 0.29) is 5.91 Å². The molecule has 1 saturated heterocycles. The molecule has 1 aromatic heterocycles. The van der Waals surface area contributed by atoms with E-state index in [0.29, 0.717) is 12.0 Å². The van der Waals surface area contributed by atoms with Gasteiger partial charge in [-0.3, -0.25) is 4.79 Å². The van der Waals surface area contributed by atoms with Crippen LogP contribution in [0.25, 0.3) is 10.9 Å². The predicted molar refractivity (Wildman–Crippen MR) is 127 cm³/mol. The monoisotopic (exact) mass is 432 g/mol. The lowest BCUT2D eigenvalue weighted by Crippen LogP contribution is -2.38. The topological polar surface area (TPSA) is 54.6 Å². The fourth-order valence-corrected chi connectivity index (χ4v) is 5.22. The van der Waals surface area contributed by atoms with Crippen molar-refractivity contribution in [2.45, 2.75) is 51.0 Å². The first-order valence-corrected chi connectivity index (χ1v) is 11.9. The van der Waals surface area contributed by atoms with Crippen molar-refractivity contribution >= 4 is 16.8 Å². The molecule has 1 saturated carbocycles. The molecule has 2 aliphatic rings. The Balaban J connectivity index is 1.21. The number of methoxy groups -OCH3 is 1. The number of ether oxygens (including phenoxy) is 2. The number of benzene rings is 2. The summed E-state index contributed by atoms with van der Waals surface area (Å²) in [6.07, 6.45) is 10.0. The molecule has 5 nitrogen and oxygen atoms in total. The van der Waals surface area contributed by atoms with Gasteiger partial charge < -0.3 is 19.4 Å². The number of amides is 1. The van der Waals surface area contributed by atoms with Crippen LogP contribution in [0.1, 0.15) is 54.4 Å². The third-order valence-corrected chi connectivity index (χ3v) is 7.07. The number of fused-ring (bicyclic) bond motifs is 1. The standard InChI is InChI=1S/C27H32N2O3/c1-31-25-11-10-20(17-26(25)32-21-6-2-3-7-21)16-19-12-14-29(15-13-19)27(30)23-18-28-24-9-5-4-8-22(23)24/h4-5,8-11,17-19,21,28H,2-3,6-7,12-16H2,1H3. The lowest BCUT2D eigenvalue weighted by molar-refractivity contribution is 0.0692. The highest BCUT2D eigenvalue weighted by Crippen LogP contribution is 2.34. The zero-order chi connectivity index (χ0) is 21.9. The van der Waals surface area contributed by atoms with Crippen LogP contribution in [0, 0.1) is 5.92 Å². The van der Waals surface area contributed by atoms with Crippen molar-refractivity contribution in [3.05, 3.63) is 59.8 Å². The fourth-order valence-electron chi connectivity index (χ4n) is 5.22. The Hall–Kier alpha value is -2.95. The van der Waals surface area contributed by atoms with Gasteiger partial charge in [0, 0.05) is 30.2 Å². The first-order chi connectivity index (χ1) is 15.7. The maximum Gasteiger partial charge on any atom is 0.256 e. The molecule has 0 unspecified atom stereocenters. The molecule has 1 amide bonds. The minimum Gasteiger partial charge on any atom is -0.493 e. The largest absolute Gasteiger partial charge is 0.493 e. The van der Waals surface area contributed by atoms with E-state index in [1.54, 1.807) is 7.11 Å². The summed E-state index contributed by atoms with van der Waals surface area (Å²) in [7, 11) is 1.71. The van der Waals surface area contributed by atoms with Crippen LogP contribution >= 0.6 is 0 Å². The third kappa shape index (κ3) is 4.34. The smallest absolute Gasteiger partial charge is 0.256 e. The Bertz CT molecular complexity index is 1080. The van der Waals surface area contributed by atoms with Gasteiger partial charge in [0.25, 0.3) is 5.91 Å². The van der Waals surface area contributed by atoms with E-state index in [0.717, 1.165) is 73.2 Å². The van der Waals surface area contributed by atoms with Gasteiger partial charge in [0.1, 0.15) is 0 Å². The number of para-hydroxylation sites is 1. The maximum absolute atomic E-state index is 13.1. The highest BCUT2D eigenvalue weighted by molar-refractivity contribution is 6.06. The Kier molecular flexibility index (Phi) is 6.06. The maximum atomic E-state index is 13.1. The lowest BCUT2D eigenvalue weighted by atomic mass is 9.90. The van der Waals surface area contributed by atoms with Crippen molar-refractivity contribution in [1.82, 2.24) is 9.88 Å². The zero-order valence-corrected chi connectivity index (χ0v) is 18.8. The minimum atomic E-state index is 0.137. The van der Waals surface area contributed by atoms with Crippen molar-refractivity contribution in [1.29, 1.82) is 0 Å². The number of carbonyl (C=O) groups is 1. The summed E-state index contributed by atoms with van der Waals surface area (Å²) in [6.45, 7) is 1.62. The molecule has 5 heteroatoms. The summed E-state index contributed by atoms with van der Waals surface area (Å²) in [5, 5.41) is 1.01. The molecule has 0 bridgehead atoms. The highest BCUT2D eigenvalue weighted by Gasteiger charge is 2.26. The van der Waals surface area contributed by atoms with Gasteiger partial charge in [-0.15, -0.1) is 0 Å². The molecule has 32 heavy (non-hydrogen) atoms. The van der Waals surface area contributed by atoms with E-state index < -0.39 is 0 Å². The zero-order valence-electron chi connectivity index (χ0n) is 18.8. The molecular weight excluding hydrogens is 400 g/mol. The Morgan fingerprint density at radius 1 is 1.03 bits per heavy atom. The molecule has 1 N–H and O–H groups in total. The number of hydrogen-bond acceptors (Lipinski definition) is 3. The van der Waals surface area contributed by atoms with Crippen LogP contribution in [-0.2, 0) is 6.42 Å². The van der Waals surface area contributed by atoms with Gasteiger partial charge in [0.05, 0.1) is 18.8 Å². The van der Waals surface area contributed by atoms with Crippen molar-refractivity contribution in [3.8, 4) is 11.5 Å². The average Bonchev–Trinajstić information content (AvgIpc) is 3.49. The molecule has 0 atom stereocenters. The number of piperidine rings is 1. The minimum absolute atomic E-state index is 0.137. The summed E-state index contributed by atoms with van der Waals surface area (Å²) in [5.41, 5.74) is 3.09. The van der Waals surface area contributed by atoms with Gasteiger partial charge in [-0.25, -0.2) is 0 Å². The van der Waals surface area contributed by atoms with E-state index >= 15 is 0 Å². The van der Waals surface area contributed by atoms with Gasteiger partial charge in [0.2, 0.25) is 0 Å². The van der Waals surface area contributed by atoms with Gasteiger partial charge >= 0.3 is 0 Å². The molecular formula is C27H32N2O3. The SMILES string of the molecule is COc1ccc(CC2CCN(C(=O)c3c[nH]c4ccccc34)CC2)cc1OC1CCCC1. The number of rotatable bonds is 6. The van der Waals surface area contributed by atoms with Crippen molar-refractivity contribution in [3.63, 3.8) is 0 Å². The van der Waals surface area contributed by atoms with Gasteiger partial charge in [0.15, 0.2) is 11.5 Å². The van der Waals surface area contributed by atoms with Gasteiger partial charge in [-0.2, -0.15) is 0 Å². The number of carbonyl (C=O) groups excluding carboxylic acids is 1. The molecule has 0 radical (unpaired) electrons. The van der Waals surface area contributed by atoms with Crippen LogP contribution in [0.4, 0.5) is 0 Å². The normalized spacial score (nSPS) is 17.7. The van der Waals surface area contributed by atoms with E-state index in [4.69, 9.17) is 9.47 Å². The second-order valence-corrected chi connectivity index (χ2v) is 9.20. The molecule has 0 spiro atoms. The third-order valence-electron chi connectivity index (χ3n) is 7.07. The summed E-state index contributed by atoms with van der Waals surface area (Å²) in [5.74, 6) is 2.41. The van der Waals surface area contributed by atoms with Crippen molar-refractivity contribution in [2.24, 2.45) is 5.92 Å². The second-order valence-electron chi connectivity index (χ2n) is 9.20. The average molecular weight is 433 g/mol. The quantitative estimate of drug-likeness (QED) is 0.552. The van der Waals surface area contributed by atoms with Crippen molar-refractivity contribution < 1.29 is 14.3 Å². The van der Waals surface area contributed by atoms with E-state index in [9.17, 15) is 4.79 Å². The second kappa shape index (κ2) is 9.27. The number of aromatic nitrogens is 1. The summed E-state index contributed by atoms with van der Waals surface area (Å²) in [4.78, 5) is 18.3. The molecule has 2 heterocycles. The number of H-pyrrole nitrogens is 1. The molecule has 168 valence electrons. The predicted octanol–water partition coefficient (Wildman–Crippen LogP) is 5.59. The van der Waals surface area contributed by atoms with E-state index in [1.165, 1.54) is 18.4 Å². The molecule has 3 aromatic rings. The molecule has 5 rings (SSSR count). The Morgan fingerprint density at radius 2 is 1.81 bits per heavy atom. The lowest BCUT2D eigenvalue weighted by Gasteiger charge is -2.32. The van der Waals surface area contributed by atoms with Crippen LogP contribution < -0.4 is 9.47 Å². The summed E-state index contributed by atoms with van der Waals surface area (Å²) >= 11 is 0. The number of likely N-dealkylation sites (tertiary alicyclic amines) is 1.